The molecule has 108 valence electrons. The van der Waals surface area contributed by atoms with Crippen LogP contribution in [-0.4, -0.2) is 5.97 Å². The molecule has 0 saturated carbocycles. The van der Waals surface area contributed by atoms with Crippen LogP contribution in [0, 0.1) is 14.1 Å². The first kappa shape index (κ1) is 15.8. The number of ether oxygens (including phenoxy) is 1. The first-order valence-electron chi connectivity index (χ1n) is 6.67. The molecule has 3 heteroatoms. The molecule has 0 bridgehead atoms. The Labute approximate surface area is 136 Å². The van der Waals surface area contributed by atoms with E-state index in [-0.39, 0.29) is 27.2 Å². The maximum atomic E-state index is 11.3. The monoisotopic (exact) mass is 393 g/mol. The Kier molecular flexibility index (Phi) is 5.56. The number of benzene rings is 2. The molecular formula is C18H18IO2+. The van der Waals surface area contributed by atoms with Gasteiger partial charge >= 0.3 is 27.2 Å². The number of halogens is 1. The third kappa shape index (κ3) is 5.01. The second kappa shape index (κ2) is 7.41. The van der Waals surface area contributed by atoms with E-state index in [1.54, 1.807) is 6.92 Å². The summed E-state index contributed by atoms with van der Waals surface area (Å²) in [5.41, 5.74) is 2.72. The number of aryl methyl sites for hydroxylation is 1. The lowest BCUT2D eigenvalue weighted by Gasteiger charge is -2.03. The average molecular weight is 393 g/mol. The fourth-order valence-corrected chi connectivity index (χ4v) is 3.80. The molecule has 2 nitrogen and oxygen atoms in total. The van der Waals surface area contributed by atoms with E-state index in [4.69, 9.17) is 4.74 Å². The Morgan fingerprint density at radius 2 is 1.57 bits per heavy atom. The van der Waals surface area contributed by atoms with Gasteiger partial charge in [0, 0.05) is 5.57 Å². The second-order valence-electron chi connectivity index (χ2n) is 4.87. The van der Waals surface area contributed by atoms with Crippen LogP contribution in [0.2, 0.25) is 0 Å². The highest BCUT2D eigenvalue weighted by Crippen LogP contribution is 2.03. The summed E-state index contributed by atoms with van der Waals surface area (Å²) in [7, 11) is 0. The van der Waals surface area contributed by atoms with Gasteiger partial charge in [-0.1, -0.05) is 36.4 Å². The Hall–Kier alpha value is -1.62. The number of carbonyl (C=O) groups is 1. The molecule has 0 aliphatic carbocycles. The van der Waals surface area contributed by atoms with E-state index >= 15 is 0 Å². The standard InChI is InChI=1S/C18H18IO2/c1-13(2)18(20)21-12-15-6-10-17(11-7-15)19-16-8-4-14(3)5-9-16/h4-11H,1,12H2,2-3H3/q+1. The fourth-order valence-electron chi connectivity index (χ4n) is 1.64. The summed E-state index contributed by atoms with van der Waals surface area (Å²) in [5, 5.41) is 0. The molecule has 0 spiro atoms. The van der Waals surface area contributed by atoms with Gasteiger partial charge in [-0.2, -0.15) is 0 Å². The Morgan fingerprint density at radius 1 is 1.05 bits per heavy atom. The van der Waals surface area contributed by atoms with E-state index in [1.165, 1.54) is 12.7 Å². The van der Waals surface area contributed by atoms with Crippen molar-refractivity contribution < 1.29 is 30.7 Å². The van der Waals surface area contributed by atoms with Crippen LogP contribution in [-0.2, 0) is 16.1 Å². The number of rotatable bonds is 5. The van der Waals surface area contributed by atoms with E-state index in [1.807, 2.05) is 12.1 Å². The van der Waals surface area contributed by atoms with Crippen LogP contribution in [0.5, 0.6) is 0 Å². The molecule has 2 rings (SSSR count). The van der Waals surface area contributed by atoms with Gasteiger partial charge in [-0.05, 0) is 43.7 Å². The predicted molar refractivity (Wildman–Crippen MR) is 79.6 cm³/mol. The Bertz CT molecular complexity index is 627. The van der Waals surface area contributed by atoms with Crippen molar-refractivity contribution in [3.05, 3.63) is 79.0 Å². The van der Waals surface area contributed by atoms with Gasteiger partial charge in [0.05, 0.1) is 0 Å². The SMILES string of the molecule is C=C(C)C(=O)OCc1ccc([I+]c2ccc(C)cc2)cc1. The van der Waals surface area contributed by atoms with Gasteiger partial charge in [-0.15, -0.1) is 0 Å². The van der Waals surface area contributed by atoms with E-state index in [0.29, 0.717) is 12.2 Å². The molecule has 0 saturated heterocycles. The highest BCUT2D eigenvalue weighted by molar-refractivity contribution is 5.86. The van der Waals surface area contributed by atoms with E-state index in [0.717, 1.165) is 5.56 Å². The zero-order chi connectivity index (χ0) is 15.2. The summed E-state index contributed by atoms with van der Waals surface area (Å²) in [6.07, 6.45) is 0. The summed E-state index contributed by atoms with van der Waals surface area (Å²) in [4.78, 5) is 11.3. The molecule has 2 aromatic rings. The second-order valence-corrected chi connectivity index (χ2v) is 7.90. The molecule has 0 aromatic heterocycles. The molecule has 0 aliphatic rings. The molecule has 21 heavy (non-hydrogen) atoms. The molecule has 0 amide bonds. The molecule has 0 fully saturated rings. The van der Waals surface area contributed by atoms with Crippen LogP contribution in [0.25, 0.3) is 0 Å². The first-order chi connectivity index (χ1) is 10.0. The number of hydrogen-bond acceptors (Lipinski definition) is 2. The highest BCUT2D eigenvalue weighted by atomic mass is 127. The summed E-state index contributed by atoms with van der Waals surface area (Å²) in [6, 6.07) is 17.0. The molecule has 0 atom stereocenters. The van der Waals surface area contributed by atoms with Crippen molar-refractivity contribution in [3.63, 3.8) is 0 Å². The van der Waals surface area contributed by atoms with Crippen molar-refractivity contribution in [1.29, 1.82) is 0 Å². The molecular weight excluding hydrogens is 375 g/mol. The molecule has 0 radical (unpaired) electrons. The van der Waals surface area contributed by atoms with E-state index < -0.39 is 0 Å². The van der Waals surface area contributed by atoms with Crippen molar-refractivity contribution in [2.75, 3.05) is 0 Å². The van der Waals surface area contributed by atoms with Gasteiger partial charge < -0.3 is 4.74 Å². The minimum atomic E-state index is -0.342. The van der Waals surface area contributed by atoms with Crippen LogP contribution in [0.15, 0.2) is 60.7 Å². The summed E-state index contributed by atoms with van der Waals surface area (Å²) < 4.78 is 7.89. The van der Waals surface area contributed by atoms with Gasteiger partial charge in [-0.3, -0.25) is 0 Å². The van der Waals surface area contributed by atoms with Crippen molar-refractivity contribution in [2.45, 2.75) is 20.5 Å². The quantitative estimate of drug-likeness (QED) is 0.426. The molecule has 0 aliphatic heterocycles. The average Bonchev–Trinajstić information content (AvgIpc) is 2.48. The summed E-state index contributed by atoms with van der Waals surface area (Å²) >= 11 is -0.152. The van der Waals surface area contributed by atoms with Gasteiger partial charge in [0.25, 0.3) is 0 Å². The van der Waals surface area contributed by atoms with Gasteiger partial charge in [-0.25, -0.2) is 4.79 Å². The van der Waals surface area contributed by atoms with Gasteiger partial charge in [0.15, 0.2) is 7.14 Å². The van der Waals surface area contributed by atoms with Crippen molar-refractivity contribution in [2.24, 2.45) is 0 Å². The van der Waals surface area contributed by atoms with Gasteiger partial charge in [0.2, 0.25) is 0 Å². The Balaban J connectivity index is 1.94. The third-order valence-electron chi connectivity index (χ3n) is 2.86. The zero-order valence-corrected chi connectivity index (χ0v) is 14.4. The molecule has 0 N–H and O–H groups in total. The minimum absolute atomic E-state index is 0.152. The molecule has 2 aromatic carbocycles. The fraction of sp³-hybridized carbons (Fsp3) is 0.167. The normalized spacial score (nSPS) is 10.2. The van der Waals surface area contributed by atoms with Gasteiger partial charge in [0.1, 0.15) is 6.61 Å². The van der Waals surface area contributed by atoms with Crippen LogP contribution in [0.3, 0.4) is 0 Å². The largest absolute Gasteiger partial charge is 0.457 e. The van der Waals surface area contributed by atoms with E-state index in [9.17, 15) is 4.79 Å². The van der Waals surface area contributed by atoms with Crippen LogP contribution in [0.1, 0.15) is 18.1 Å². The number of hydrogen-bond donors (Lipinski definition) is 0. The summed E-state index contributed by atoms with van der Waals surface area (Å²) in [5.74, 6) is -0.342. The zero-order valence-electron chi connectivity index (χ0n) is 12.2. The van der Waals surface area contributed by atoms with E-state index in [2.05, 4.69) is 49.9 Å². The summed E-state index contributed by atoms with van der Waals surface area (Å²) in [6.45, 7) is 7.62. The van der Waals surface area contributed by atoms with Crippen LogP contribution >= 0.6 is 0 Å². The number of carbonyl (C=O) groups excluding carboxylic acids is 1. The van der Waals surface area contributed by atoms with Crippen LogP contribution in [0.4, 0.5) is 0 Å². The van der Waals surface area contributed by atoms with Crippen molar-refractivity contribution in [1.82, 2.24) is 0 Å². The lowest BCUT2D eigenvalue weighted by molar-refractivity contribution is -0.597. The maximum absolute atomic E-state index is 11.3. The smallest absolute Gasteiger partial charge is 0.357 e. The van der Waals surface area contributed by atoms with Crippen LogP contribution < -0.4 is 21.2 Å². The molecule has 0 heterocycles. The number of esters is 1. The Morgan fingerprint density at radius 3 is 2.10 bits per heavy atom. The third-order valence-corrected chi connectivity index (χ3v) is 5.54. The predicted octanol–water partition coefficient (Wildman–Crippen LogP) is 0.743. The lowest BCUT2D eigenvalue weighted by atomic mass is 10.2. The van der Waals surface area contributed by atoms with Crippen molar-refractivity contribution >= 4 is 5.97 Å². The van der Waals surface area contributed by atoms with Crippen molar-refractivity contribution in [3.8, 4) is 0 Å². The minimum Gasteiger partial charge on any atom is -0.457 e. The highest BCUT2D eigenvalue weighted by Gasteiger charge is 2.15. The molecule has 0 unspecified atom stereocenters. The maximum Gasteiger partial charge on any atom is 0.357 e. The topological polar surface area (TPSA) is 26.3 Å². The lowest BCUT2D eigenvalue weighted by Crippen LogP contribution is -3.61. The first-order valence-corrected chi connectivity index (χ1v) is 8.83.